The monoisotopic (exact) mass is 1680 g/mol. The molecule has 0 spiro atoms. The molecular formula is C66H167ClF3N11Si17. The van der Waals surface area contributed by atoms with Crippen LogP contribution >= 0.6 is 11.6 Å². The Labute approximate surface area is 632 Å². The molecule has 2 unspecified atom stereocenters. The van der Waals surface area contributed by atoms with Crippen LogP contribution in [0.2, 0.25) is 270 Å². The Bertz CT molecular complexity index is 2490. The quantitative estimate of drug-likeness (QED) is 0.0387. The maximum Gasteiger partial charge on any atom is 0.388 e. The van der Waals surface area contributed by atoms with Gasteiger partial charge in [0.15, 0.2) is 42.0 Å². The summed E-state index contributed by atoms with van der Waals surface area (Å²) in [4.78, 5) is 0. The van der Waals surface area contributed by atoms with Crippen LogP contribution in [-0.2, 0) is 0 Å². The highest BCUT2D eigenvalue weighted by Gasteiger charge is 2.48. The van der Waals surface area contributed by atoms with E-state index in [4.69, 9.17) is 11.6 Å². The first-order valence-corrected chi connectivity index (χ1v) is 90.9. The first-order chi connectivity index (χ1) is 43.3. The van der Waals surface area contributed by atoms with E-state index >= 15 is 0 Å². The van der Waals surface area contributed by atoms with Crippen molar-refractivity contribution in [3.63, 3.8) is 0 Å². The van der Waals surface area contributed by atoms with Crippen molar-refractivity contribution >= 4 is 163 Å². The van der Waals surface area contributed by atoms with Crippen LogP contribution in [0.4, 0.5) is 13.2 Å². The fraction of sp³-hybridized carbons (Fsp3) is 0.818. The van der Waals surface area contributed by atoms with Crippen LogP contribution in [0, 0.1) is 0 Å². The Kier molecular flexibility index (Phi) is 44.0. The number of hydrogen-bond donors (Lipinski definition) is 10. The number of halogens is 4. The van der Waals surface area contributed by atoms with E-state index < -0.39 is 153 Å². The minimum Gasteiger partial charge on any atom is -0.360 e. The zero-order chi connectivity index (χ0) is 78.4. The van der Waals surface area contributed by atoms with Crippen molar-refractivity contribution < 1.29 is 13.2 Å². The molecular weight excluding hydrogens is 1520 g/mol. The molecule has 11 nitrogen and oxygen atoms in total. The summed E-state index contributed by atoms with van der Waals surface area (Å²) in [6.45, 7) is 94.4. The van der Waals surface area contributed by atoms with Crippen LogP contribution in [0.25, 0.3) is 0 Å². The first-order valence-electron chi connectivity index (χ1n) is 37.7. The molecule has 10 N–H and O–H groups in total. The minimum atomic E-state index is -4.01. The van der Waals surface area contributed by atoms with Gasteiger partial charge in [-0.2, -0.15) is 13.2 Å². The van der Waals surface area contributed by atoms with Crippen molar-refractivity contribution in [2.24, 2.45) is 0 Å². The number of benzene rings is 2. The second-order valence-corrected chi connectivity index (χ2v) is 119. The molecule has 2 aromatic carbocycles. The number of rotatable bonds is 23. The van der Waals surface area contributed by atoms with Crippen LogP contribution in [0.15, 0.2) is 60.7 Å². The van der Waals surface area contributed by atoms with Gasteiger partial charge in [0.1, 0.15) is 98.8 Å². The SMILES string of the molecule is CCC[Si](C)(C)N[Si](C)(C)CCl.CC[Si](C)(C)N(C)[Si](C)(C)C.CC[Si](C)(C)N[Si](C)(C)C.CC[Si](C)(C)N[Si](C)(C)CCC(F)(F)F.CC[Si](C)(N[Si](C)(C)c1ccccc1)c1ccccc1.CC[Si]1(C)N[Si](C)(C)C[Si](C)(C)N[Si](C)(C)N1.CC[Si]1(C)N[Si](C)(C)N[Si](C)(C)N1. The second-order valence-electron chi connectivity index (χ2n) is 38.8. The van der Waals surface area contributed by atoms with Gasteiger partial charge in [-0.25, -0.2) is 0 Å². The lowest BCUT2D eigenvalue weighted by molar-refractivity contribution is -0.130. The van der Waals surface area contributed by atoms with Gasteiger partial charge in [-0.05, 0) is 124 Å². The van der Waals surface area contributed by atoms with E-state index in [1.54, 1.807) is 0 Å². The standard InChI is InChI=1S/C17H25NSi2.C10H31N3Si4.C9H22F3NSi2.C8H22ClNSi2.C8H23NSi2.C7H23N3Si3.C7H21NSi2/c1-5-20(4,17-14-10-7-11-15-17)18-19(2,3)16-12-8-6-9-13-16;1-9-17(8)12-15(4,5)10-14(2,3)11-16(6,7)13-17;1-6-14(2,3)13-15(4,5)8-7-9(10,11)12;1-6-7-11(2,3)10-12(4,5)8-9;1-8-11(6,7)9(2)10(3,4)5;1-7-13(6)9-11(2,3)8-12(4,5)10-13;1-7-10(5,6)8-9(2,3)4/h6-15,18H,5H2,1-4H3;11-13H,9-10H2,1-8H3;13H,6-8H2,1-5H3;10H,6-8H2,1-5H3;8H2,1-7H3;8-10H,7H2,1-6H3;8H,7H2,1-6H3. The van der Waals surface area contributed by atoms with Gasteiger partial charge in [-0.3, -0.25) is 0 Å². The Balaban J connectivity index is -0.00000109. The topological polar surface area (TPSA) is 124 Å². The Morgan fingerprint density at radius 3 is 1.10 bits per heavy atom. The number of hydrogen-bond acceptors (Lipinski definition) is 11. The van der Waals surface area contributed by atoms with Crippen molar-refractivity contribution in [1.29, 1.82) is 0 Å². The molecule has 2 aromatic rings. The molecule has 0 saturated carbocycles. The van der Waals surface area contributed by atoms with Gasteiger partial charge in [0.2, 0.25) is 0 Å². The maximum absolute atomic E-state index is 12.1. The molecule has 0 amide bonds. The molecule has 0 aliphatic carbocycles. The van der Waals surface area contributed by atoms with Gasteiger partial charge in [0.05, 0.1) is 0 Å². The molecule has 32 heteroatoms. The van der Waals surface area contributed by atoms with Gasteiger partial charge in [0.25, 0.3) is 0 Å². The fourth-order valence-electron chi connectivity index (χ4n) is 14.3. The zero-order valence-corrected chi connectivity index (χ0v) is 90.0. The van der Waals surface area contributed by atoms with Crippen LogP contribution in [-0.4, -0.2) is 164 Å². The van der Waals surface area contributed by atoms with Crippen molar-refractivity contribution in [3.8, 4) is 0 Å². The Morgan fingerprint density at radius 1 is 0.429 bits per heavy atom. The summed E-state index contributed by atoms with van der Waals surface area (Å²) >= 11 is 5.92. The summed E-state index contributed by atoms with van der Waals surface area (Å²) in [5, 5.41) is 3.00. The third-order valence-electron chi connectivity index (χ3n) is 19.0. The summed E-state index contributed by atoms with van der Waals surface area (Å²) in [5.74, 6) is 0. The highest BCUT2D eigenvalue weighted by Crippen LogP contribution is 2.27. The lowest BCUT2D eigenvalue weighted by Crippen LogP contribution is -2.88. The highest BCUT2D eigenvalue weighted by molar-refractivity contribution is 7.08. The van der Waals surface area contributed by atoms with Crippen LogP contribution in [0.3, 0.4) is 0 Å². The van der Waals surface area contributed by atoms with Crippen molar-refractivity contribution in [2.45, 2.75) is 338 Å². The van der Waals surface area contributed by atoms with Gasteiger partial charge in [-0.1, -0.05) is 279 Å². The molecule has 0 radical (unpaired) electrons. The first kappa shape index (κ1) is 104. The number of nitrogens with zero attached hydrogens (tertiary/aromatic N) is 1. The lowest BCUT2D eigenvalue weighted by atomic mass is 10.4. The van der Waals surface area contributed by atoms with E-state index in [1.807, 2.05) is 13.1 Å². The Hall–Kier alpha value is 1.77. The molecule has 2 aliphatic rings. The largest absolute Gasteiger partial charge is 0.388 e. The van der Waals surface area contributed by atoms with E-state index in [0.29, 0.717) is 0 Å². The normalized spacial score (nSPS) is 20.1. The number of alkyl halides is 4. The van der Waals surface area contributed by atoms with Crippen LogP contribution < -0.4 is 56.9 Å². The molecule has 2 aliphatic heterocycles. The van der Waals surface area contributed by atoms with Crippen molar-refractivity contribution in [3.05, 3.63) is 60.7 Å². The number of nitrogens with one attached hydrogen (secondary N) is 10. The van der Waals surface area contributed by atoms with E-state index in [0.717, 1.165) is 11.5 Å². The lowest BCUT2D eigenvalue weighted by Gasteiger charge is -2.50. The molecule has 2 heterocycles. The second kappa shape index (κ2) is 41.5. The molecule has 2 fully saturated rings. The minimum absolute atomic E-state index is 0.285. The van der Waals surface area contributed by atoms with Gasteiger partial charge < -0.3 is 50.7 Å². The smallest absolute Gasteiger partial charge is 0.360 e. The summed E-state index contributed by atoms with van der Waals surface area (Å²) in [7, 11) is -20.0. The molecule has 2 saturated heterocycles. The highest BCUT2D eigenvalue weighted by atomic mass is 35.5. The summed E-state index contributed by atoms with van der Waals surface area (Å²) < 4.78 is 78.1. The van der Waals surface area contributed by atoms with Crippen molar-refractivity contribution in [1.82, 2.24) is 50.7 Å². The van der Waals surface area contributed by atoms with Gasteiger partial charge in [0, 0.05) is 11.9 Å². The predicted octanol–water partition coefficient (Wildman–Crippen LogP) is 19.7. The van der Waals surface area contributed by atoms with Crippen LogP contribution in [0.1, 0.15) is 61.3 Å². The predicted molar refractivity (Wildman–Crippen MR) is 492 cm³/mol. The van der Waals surface area contributed by atoms with Crippen molar-refractivity contribution in [2.75, 3.05) is 12.6 Å². The molecule has 0 bridgehead atoms. The average Bonchev–Trinajstić information content (AvgIpc) is 0.800. The fourth-order valence-corrected chi connectivity index (χ4v) is 114. The maximum atomic E-state index is 12.1. The summed E-state index contributed by atoms with van der Waals surface area (Å²) in [6, 6.07) is 31.2. The van der Waals surface area contributed by atoms with Gasteiger partial charge in [-0.15, -0.1) is 11.6 Å². The zero-order valence-electron chi connectivity index (χ0n) is 72.2. The Morgan fingerprint density at radius 2 is 0.786 bits per heavy atom. The molecule has 582 valence electrons. The van der Waals surface area contributed by atoms with E-state index in [9.17, 15) is 13.2 Å². The molecule has 98 heavy (non-hydrogen) atoms. The van der Waals surface area contributed by atoms with Gasteiger partial charge >= 0.3 is 6.18 Å². The molecule has 4 rings (SSSR count). The third kappa shape index (κ3) is 46.9. The average molecular weight is 1690 g/mol. The van der Waals surface area contributed by atoms with Crippen LogP contribution in [0.5, 0.6) is 0 Å². The molecule has 2 atom stereocenters. The third-order valence-corrected chi connectivity index (χ3v) is 103. The summed E-state index contributed by atoms with van der Waals surface area (Å²) in [6.07, 6.45) is -3.36. The summed E-state index contributed by atoms with van der Waals surface area (Å²) in [5.41, 5.74) is 2.27. The van der Waals surface area contributed by atoms with E-state index in [2.05, 4.69) is 370 Å². The molecule has 0 aromatic heterocycles. The van der Waals surface area contributed by atoms with E-state index in [1.165, 1.54) is 58.7 Å². The van der Waals surface area contributed by atoms with E-state index in [-0.39, 0.29) is 6.04 Å².